The Bertz CT molecular complexity index is 371. The van der Waals surface area contributed by atoms with Gasteiger partial charge in [-0.3, -0.25) is 0 Å². The van der Waals surface area contributed by atoms with Crippen LogP contribution >= 0.6 is 12.4 Å². The van der Waals surface area contributed by atoms with Crippen LogP contribution in [0.25, 0.3) is 0 Å². The largest absolute Gasteiger partial charge is 0.508 e. The van der Waals surface area contributed by atoms with Gasteiger partial charge in [-0.15, -0.1) is 12.4 Å². The molecule has 0 saturated carbocycles. The smallest absolute Gasteiger partial charge is 0.115 e. The summed E-state index contributed by atoms with van der Waals surface area (Å²) in [5, 5.41) is 20.3. The molecule has 0 aliphatic heterocycles. The summed E-state index contributed by atoms with van der Waals surface area (Å²) >= 11 is 0. The average Bonchev–Trinajstić information content (AvgIpc) is 2.27. The molecule has 0 spiro atoms. The lowest BCUT2D eigenvalue weighted by molar-refractivity contribution is -0.0293. The minimum atomic E-state index is -0.886. The van der Waals surface area contributed by atoms with Gasteiger partial charge in [0.05, 0.1) is 5.60 Å². The van der Waals surface area contributed by atoms with E-state index in [0.29, 0.717) is 6.42 Å². The highest BCUT2D eigenvalue weighted by molar-refractivity contribution is 5.85. The third-order valence-electron chi connectivity index (χ3n) is 3.34. The van der Waals surface area contributed by atoms with E-state index in [-0.39, 0.29) is 24.1 Å². The molecule has 0 fully saturated rings. The molecule has 0 bridgehead atoms. The van der Waals surface area contributed by atoms with Gasteiger partial charge in [-0.05, 0) is 38.2 Å². The van der Waals surface area contributed by atoms with Crippen LogP contribution in [0.2, 0.25) is 0 Å². The second kappa shape index (κ2) is 6.98. The maximum absolute atomic E-state index is 10.8. The minimum absolute atomic E-state index is 0. The van der Waals surface area contributed by atoms with Crippen molar-refractivity contribution < 1.29 is 10.2 Å². The molecule has 0 amide bonds. The Hall–Kier alpha value is -0.770. The van der Waals surface area contributed by atoms with Gasteiger partial charge in [0.2, 0.25) is 0 Å². The summed E-state index contributed by atoms with van der Waals surface area (Å²) in [6.07, 6.45) is 0.630. The van der Waals surface area contributed by atoms with E-state index in [9.17, 15) is 10.2 Å². The number of hydrogen-bond acceptors (Lipinski definition) is 3. The van der Waals surface area contributed by atoms with Crippen molar-refractivity contribution in [2.45, 2.75) is 25.9 Å². The quantitative estimate of drug-likeness (QED) is 0.867. The van der Waals surface area contributed by atoms with Crippen LogP contribution in [-0.4, -0.2) is 35.8 Å². The SMILES string of the molecule is CCC(O)(c1cccc(O)c1)[C@@H](C)CN(C)C.Cl. The molecule has 1 unspecified atom stereocenters. The van der Waals surface area contributed by atoms with Gasteiger partial charge in [0.25, 0.3) is 0 Å². The molecule has 2 atom stereocenters. The number of hydrogen-bond donors (Lipinski definition) is 2. The molecule has 3 nitrogen and oxygen atoms in total. The number of halogens is 1. The summed E-state index contributed by atoms with van der Waals surface area (Å²) in [5.74, 6) is 0.302. The monoisotopic (exact) mass is 273 g/mol. The molecule has 1 aromatic carbocycles. The molecule has 104 valence electrons. The second-order valence-electron chi connectivity index (χ2n) is 4.99. The number of phenolic OH excluding ortho intramolecular Hbond substituents is 1. The van der Waals surface area contributed by atoms with E-state index >= 15 is 0 Å². The van der Waals surface area contributed by atoms with Gasteiger partial charge in [-0.25, -0.2) is 0 Å². The van der Waals surface area contributed by atoms with E-state index in [0.717, 1.165) is 12.1 Å². The Labute approximate surface area is 116 Å². The summed E-state index contributed by atoms with van der Waals surface area (Å²) in [5.41, 5.74) is -0.0995. The van der Waals surface area contributed by atoms with Crippen LogP contribution in [0.15, 0.2) is 24.3 Å². The zero-order valence-electron chi connectivity index (χ0n) is 11.6. The van der Waals surface area contributed by atoms with Gasteiger partial charge in [0.15, 0.2) is 0 Å². The summed E-state index contributed by atoms with van der Waals surface area (Å²) in [6, 6.07) is 6.91. The highest BCUT2D eigenvalue weighted by Gasteiger charge is 2.34. The Balaban J connectivity index is 0.00000289. The van der Waals surface area contributed by atoms with Gasteiger partial charge in [-0.1, -0.05) is 26.0 Å². The lowest BCUT2D eigenvalue weighted by Gasteiger charge is -2.35. The third-order valence-corrected chi connectivity index (χ3v) is 3.34. The predicted octanol–water partition coefficient (Wildman–Crippen LogP) is 2.61. The first-order valence-electron chi connectivity index (χ1n) is 6.06. The fourth-order valence-electron chi connectivity index (χ4n) is 2.31. The van der Waals surface area contributed by atoms with Crippen molar-refractivity contribution in [2.75, 3.05) is 20.6 Å². The second-order valence-corrected chi connectivity index (χ2v) is 4.99. The molecule has 18 heavy (non-hydrogen) atoms. The van der Waals surface area contributed by atoms with Gasteiger partial charge < -0.3 is 15.1 Å². The van der Waals surface area contributed by atoms with Crippen molar-refractivity contribution >= 4 is 12.4 Å². The first-order valence-corrected chi connectivity index (χ1v) is 6.06. The standard InChI is InChI=1S/C14H23NO2.ClH/c1-5-14(17,11(2)10-15(3)4)12-7-6-8-13(16)9-12;/h6-9,11,16-17H,5,10H2,1-4H3;1H/t11-,14?;/m0./s1. The van der Waals surface area contributed by atoms with Gasteiger partial charge in [0.1, 0.15) is 5.75 Å². The van der Waals surface area contributed by atoms with E-state index in [2.05, 4.69) is 4.90 Å². The molecule has 1 rings (SSSR count). The molecule has 0 radical (unpaired) electrons. The van der Waals surface area contributed by atoms with Crippen LogP contribution in [0.4, 0.5) is 0 Å². The van der Waals surface area contributed by atoms with Crippen molar-refractivity contribution in [3.63, 3.8) is 0 Å². The molecule has 0 heterocycles. The van der Waals surface area contributed by atoms with Gasteiger partial charge >= 0.3 is 0 Å². The van der Waals surface area contributed by atoms with E-state index in [4.69, 9.17) is 0 Å². The number of aliphatic hydroxyl groups is 1. The van der Waals surface area contributed by atoms with E-state index in [1.165, 1.54) is 0 Å². The average molecular weight is 274 g/mol. The molecule has 0 aliphatic rings. The van der Waals surface area contributed by atoms with Crippen molar-refractivity contribution in [1.29, 1.82) is 0 Å². The Morgan fingerprint density at radius 3 is 2.39 bits per heavy atom. The number of benzene rings is 1. The molecule has 1 aromatic rings. The maximum Gasteiger partial charge on any atom is 0.115 e. The first kappa shape index (κ1) is 17.2. The number of phenols is 1. The fraction of sp³-hybridized carbons (Fsp3) is 0.571. The van der Waals surface area contributed by atoms with E-state index in [1.54, 1.807) is 18.2 Å². The third kappa shape index (κ3) is 3.87. The Kier molecular flexibility index (Phi) is 6.68. The first-order chi connectivity index (χ1) is 7.90. The van der Waals surface area contributed by atoms with Gasteiger partial charge in [0, 0.05) is 12.5 Å². The number of aromatic hydroxyl groups is 1. The minimum Gasteiger partial charge on any atom is -0.508 e. The summed E-state index contributed by atoms with van der Waals surface area (Å²) in [7, 11) is 3.99. The van der Waals surface area contributed by atoms with E-state index < -0.39 is 5.60 Å². The summed E-state index contributed by atoms with van der Waals surface area (Å²) in [6.45, 7) is 4.81. The molecule has 2 N–H and O–H groups in total. The van der Waals surface area contributed by atoms with Crippen LogP contribution in [-0.2, 0) is 5.60 Å². The normalized spacial score (nSPS) is 15.9. The molecular weight excluding hydrogens is 250 g/mol. The summed E-state index contributed by atoms with van der Waals surface area (Å²) in [4.78, 5) is 2.06. The lowest BCUT2D eigenvalue weighted by Crippen LogP contribution is -2.38. The van der Waals surface area contributed by atoms with Crippen LogP contribution in [0, 0.1) is 5.92 Å². The highest BCUT2D eigenvalue weighted by atomic mass is 35.5. The number of rotatable bonds is 5. The van der Waals surface area contributed by atoms with Crippen molar-refractivity contribution in [2.24, 2.45) is 5.92 Å². The van der Waals surface area contributed by atoms with E-state index in [1.807, 2.05) is 34.0 Å². The topological polar surface area (TPSA) is 43.7 Å². The van der Waals surface area contributed by atoms with Crippen molar-refractivity contribution in [3.05, 3.63) is 29.8 Å². The molecule has 0 saturated heterocycles. The Morgan fingerprint density at radius 1 is 1.33 bits per heavy atom. The molecular formula is C14H24ClNO2. The predicted molar refractivity (Wildman–Crippen MR) is 77.3 cm³/mol. The maximum atomic E-state index is 10.8. The van der Waals surface area contributed by atoms with Crippen LogP contribution in [0.3, 0.4) is 0 Å². The van der Waals surface area contributed by atoms with Gasteiger partial charge in [-0.2, -0.15) is 0 Å². The number of nitrogens with zero attached hydrogens (tertiary/aromatic N) is 1. The zero-order chi connectivity index (χ0) is 13.1. The molecule has 4 heteroatoms. The molecule has 0 aliphatic carbocycles. The molecule has 0 aromatic heterocycles. The van der Waals surface area contributed by atoms with Crippen LogP contribution in [0.1, 0.15) is 25.8 Å². The van der Waals surface area contributed by atoms with Crippen molar-refractivity contribution in [1.82, 2.24) is 4.90 Å². The zero-order valence-corrected chi connectivity index (χ0v) is 12.4. The van der Waals surface area contributed by atoms with Crippen LogP contribution < -0.4 is 0 Å². The highest BCUT2D eigenvalue weighted by Crippen LogP contribution is 2.34. The van der Waals surface area contributed by atoms with Crippen molar-refractivity contribution in [3.8, 4) is 5.75 Å². The summed E-state index contributed by atoms with van der Waals surface area (Å²) < 4.78 is 0. The fourth-order valence-corrected chi connectivity index (χ4v) is 2.31. The lowest BCUT2D eigenvalue weighted by atomic mass is 9.80. The van der Waals surface area contributed by atoms with Crippen LogP contribution in [0.5, 0.6) is 5.75 Å². The Morgan fingerprint density at radius 2 is 1.94 bits per heavy atom.